The minimum absolute atomic E-state index is 0.207. The zero-order valence-corrected chi connectivity index (χ0v) is 27.6. The quantitative estimate of drug-likeness (QED) is 0.0752. The number of nitrogen functional groups attached to an aromatic ring is 2. The summed E-state index contributed by atoms with van der Waals surface area (Å²) in [5, 5.41) is 0.453. The van der Waals surface area contributed by atoms with Gasteiger partial charge in [-0.2, -0.15) is 83.4 Å². The monoisotopic (exact) mass is 846 g/mol. The summed E-state index contributed by atoms with van der Waals surface area (Å²) in [5.74, 6) is -69.2. The third-order valence-corrected chi connectivity index (χ3v) is 7.96. The van der Waals surface area contributed by atoms with Crippen molar-refractivity contribution < 1.29 is 97.7 Å². The molecule has 1 heterocycles. The van der Waals surface area contributed by atoms with Crippen molar-refractivity contribution in [3.63, 3.8) is 0 Å². The molecule has 0 radical (unpaired) electrons. The summed E-state index contributed by atoms with van der Waals surface area (Å²) in [6, 6.07) is 5.82. The highest BCUT2D eigenvalue weighted by Crippen LogP contribution is 2.65. The van der Waals surface area contributed by atoms with Crippen LogP contribution in [0.5, 0.6) is 0 Å². The second-order valence-corrected chi connectivity index (χ2v) is 11.8. The topological polar surface area (TPSA) is 112 Å². The predicted octanol–water partition coefficient (Wildman–Crippen LogP) is 8.91. The van der Waals surface area contributed by atoms with E-state index in [4.69, 9.17) is 11.5 Å². The Morgan fingerprint density at radius 3 is 1.52 bits per heavy atom. The number of alkyl halides is 19. The van der Waals surface area contributed by atoms with E-state index in [-0.39, 0.29) is 13.1 Å². The van der Waals surface area contributed by atoms with E-state index in [2.05, 4.69) is 9.72 Å². The maximum absolute atomic E-state index is 14.0. The number of rotatable bonds is 16. The molecule has 4 N–H and O–H groups in total. The Morgan fingerprint density at radius 2 is 1.17 bits per heavy atom. The number of nitrogens with zero attached hydrogens (tertiary/aromatic N) is 2. The third-order valence-electron chi connectivity index (χ3n) is 7.04. The van der Waals surface area contributed by atoms with Gasteiger partial charge in [-0.25, -0.2) is 4.98 Å². The summed E-state index contributed by atoms with van der Waals surface area (Å²) < 4.78 is 258. The number of hydrogen-bond donors (Lipinski definition) is 2. The molecule has 2 aromatic rings. The van der Waals surface area contributed by atoms with Gasteiger partial charge in [-0.1, -0.05) is 11.3 Å². The standard InChI is InChI=1S/C22H19F19N2O2.C5H6N2OS/c1-2-43(12-5-3-11(42)4-6-12)9-10-45-13(44)7-8-14(23,24)15(25,26)16(27,28)17(29,30)18(31,32)19(33,34)20(35,36)21(37,38)22(39,40)41;1-3-4(2-8)9-5(6)7-3/h3-6H,2,7-10,42H2,1H3;2H,1H3,(H2,6,7). The summed E-state index contributed by atoms with van der Waals surface area (Å²) in [7, 11) is 0. The van der Waals surface area contributed by atoms with Crippen molar-refractivity contribution in [2.45, 2.75) is 80.2 Å². The SMILES string of the molecule is CCN(CCOC(=O)CCC(F)(F)C(F)(F)C(F)(F)C(F)(F)C(F)(F)C(F)(F)C(F)(F)C(F)(F)C(F)(F)F)c1ccc(N)cc1.Cc1nc(N)sc1C=O. The first-order chi connectivity index (χ1) is 24.1. The number of carbonyl (C=O) groups is 2. The number of nitrogens with two attached hydrogens (primary N) is 2. The fraction of sp³-hybridized carbons (Fsp3) is 0.593. The predicted molar refractivity (Wildman–Crippen MR) is 151 cm³/mol. The molecule has 1 aromatic carbocycles. The number of thiazole rings is 1. The second kappa shape index (κ2) is 16.0. The summed E-state index contributed by atoms with van der Waals surface area (Å²) in [6.07, 6.45) is -12.2. The van der Waals surface area contributed by atoms with Crippen molar-refractivity contribution in [3.8, 4) is 0 Å². The number of aryl methyl sites for hydroxylation is 1. The first kappa shape index (κ1) is 48.1. The molecule has 0 fully saturated rings. The van der Waals surface area contributed by atoms with Crippen LogP contribution in [0.3, 0.4) is 0 Å². The Bertz CT molecular complexity index is 1580. The summed E-state index contributed by atoms with van der Waals surface area (Å²) in [6.45, 7) is 2.59. The highest BCUT2D eigenvalue weighted by atomic mass is 32.1. The van der Waals surface area contributed by atoms with Crippen LogP contribution < -0.4 is 16.4 Å². The van der Waals surface area contributed by atoms with Gasteiger partial charge in [0, 0.05) is 24.3 Å². The third kappa shape index (κ3) is 8.79. The molecule has 0 amide bonds. The number of esters is 1. The van der Waals surface area contributed by atoms with Crippen LogP contribution in [-0.4, -0.2) is 90.5 Å². The van der Waals surface area contributed by atoms with Gasteiger partial charge in [0.15, 0.2) is 11.4 Å². The molecule has 0 aliphatic carbocycles. The van der Waals surface area contributed by atoms with Gasteiger partial charge in [0.25, 0.3) is 0 Å². The second-order valence-electron chi connectivity index (χ2n) is 10.7. The average Bonchev–Trinajstić information content (AvgIpc) is 3.38. The van der Waals surface area contributed by atoms with Crippen molar-refractivity contribution >= 4 is 40.1 Å². The summed E-state index contributed by atoms with van der Waals surface area (Å²) in [4.78, 5) is 27.7. The zero-order chi connectivity index (χ0) is 42.7. The van der Waals surface area contributed by atoms with E-state index in [0.717, 1.165) is 6.29 Å². The largest absolute Gasteiger partial charge is 0.464 e. The molecule has 0 bridgehead atoms. The molecule has 0 aliphatic rings. The number of hydrogen-bond acceptors (Lipinski definition) is 8. The van der Waals surface area contributed by atoms with Crippen LogP contribution in [0.4, 0.5) is 99.9 Å². The van der Waals surface area contributed by atoms with E-state index in [0.29, 0.717) is 27.1 Å². The molecule has 7 nitrogen and oxygen atoms in total. The number of anilines is 3. The number of halogens is 19. The molecule has 0 saturated heterocycles. The lowest BCUT2D eigenvalue weighted by Crippen LogP contribution is -2.75. The maximum Gasteiger partial charge on any atom is 0.460 e. The normalized spacial score (nSPS) is 13.9. The van der Waals surface area contributed by atoms with E-state index in [1.807, 2.05) is 0 Å². The average molecular weight is 847 g/mol. The first-order valence-electron chi connectivity index (χ1n) is 14.1. The molecule has 27 heteroatoms. The van der Waals surface area contributed by atoms with Crippen LogP contribution in [0, 0.1) is 6.92 Å². The minimum atomic E-state index is -8.99. The van der Waals surface area contributed by atoms with Crippen LogP contribution in [0.15, 0.2) is 24.3 Å². The maximum atomic E-state index is 14.0. The fourth-order valence-corrected chi connectivity index (χ4v) is 4.49. The number of ether oxygens (including phenoxy) is 1. The number of aldehydes is 1. The first-order valence-corrected chi connectivity index (χ1v) is 14.9. The molecule has 0 unspecified atom stereocenters. The number of likely N-dealkylation sites (N-methyl/N-ethyl adjacent to an activating group) is 1. The Kier molecular flexibility index (Phi) is 14.3. The summed E-state index contributed by atoms with van der Waals surface area (Å²) >= 11 is 1.21. The molecule has 0 spiro atoms. The molecule has 54 heavy (non-hydrogen) atoms. The van der Waals surface area contributed by atoms with Gasteiger partial charge in [-0.05, 0) is 38.1 Å². The van der Waals surface area contributed by atoms with Gasteiger partial charge < -0.3 is 21.1 Å². The molecule has 1 aromatic heterocycles. The lowest BCUT2D eigenvalue weighted by molar-refractivity contribution is -0.468. The zero-order valence-electron chi connectivity index (χ0n) is 26.8. The van der Waals surface area contributed by atoms with Crippen LogP contribution in [0.2, 0.25) is 0 Å². The molecule has 0 aliphatic heterocycles. The lowest BCUT2D eigenvalue weighted by atomic mass is 9.86. The Hall–Kier alpha value is -3.94. The molecule has 0 atom stereocenters. The van der Waals surface area contributed by atoms with E-state index in [9.17, 15) is 93.0 Å². The van der Waals surface area contributed by atoms with Crippen molar-refractivity contribution in [3.05, 3.63) is 34.8 Å². The number of aromatic nitrogens is 1. The molecule has 2 rings (SSSR count). The van der Waals surface area contributed by atoms with E-state index < -0.39 is 79.0 Å². The smallest absolute Gasteiger partial charge is 0.460 e. The van der Waals surface area contributed by atoms with Crippen LogP contribution in [0.25, 0.3) is 0 Å². The highest BCUT2D eigenvalue weighted by molar-refractivity contribution is 7.17. The Morgan fingerprint density at radius 1 is 0.741 bits per heavy atom. The van der Waals surface area contributed by atoms with Crippen molar-refractivity contribution in [2.75, 3.05) is 36.1 Å². The molecule has 310 valence electrons. The number of carbonyl (C=O) groups excluding carboxylic acids is 2. The molecular formula is C27H25F19N4O3S. The van der Waals surface area contributed by atoms with E-state index in [1.165, 1.54) is 40.5 Å². The minimum Gasteiger partial charge on any atom is -0.464 e. The van der Waals surface area contributed by atoms with Gasteiger partial charge in [-0.15, -0.1) is 0 Å². The molecular weight excluding hydrogens is 821 g/mol. The van der Waals surface area contributed by atoms with Gasteiger partial charge in [0.1, 0.15) is 6.61 Å². The van der Waals surface area contributed by atoms with Gasteiger partial charge in [-0.3, -0.25) is 9.59 Å². The van der Waals surface area contributed by atoms with Crippen LogP contribution in [0.1, 0.15) is 35.1 Å². The van der Waals surface area contributed by atoms with Crippen molar-refractivity contribution in [2.24, 2.45) is 0 Å². The van der Waals surface area contributed by atoms with Crippen LogP contribution in [-0.2, 0) is 9.53 Å². The van der Waals surface area contributed by atoms with E-state index in [1.54, 1.807) is 13.8 Å². The van der Waals surface area contributed by atoms with Gasteiger partial charge in [0.2, 0.25) is 0 Å². The number of benzene rings is 1. The summed E-state index contributed by atoms with van der Waals surface area (Å²) in [5.41, 5.74) is 12.3. The lowest BCUT2D eigenvalue weighted by Gasteiger charge is -2.43. The molecule has 0 saturated carbocycles. The van der Waals surface area contributed by atoms with Crippen LogP contribution >= 0.6 is 11.3 Å². The highest BCUT2D eigenvalue weighted by Gasteiger charge is 2.96. The Balaban J connectivity index is 0.00000140. The Labute approximate surface area is 294 Å². The van der Waals surface area contributed by atoms with E-state index >= 15 is 0 Å². The van der Waals surface area contributed by atoms with Gasteiger partial charge in [0.05, 0.1) is 23.5 Å². The van der Waals surface area contributed by atoms with Crippen molar-refractivity contribution in [1.82, 2.24) is 4.98 Å². The fourth-order valence-electron chi connectivity index (χ4n) is 3.85. The van der Waals surface area contributed by atoms with Gasteiger partial charge >= 0.3 is 59.5 Å². The van der Waals surface area contributed by atoms with Crippen molar-refractivity contribution in [1.29, 1.82) is 0 Å².